The number of carboxylic acids is 1. The van der Waals surface area contributed by atoms with E-state index in [0.29, 0.717) is 18.1 Å². The maximum atomic E-state index is 13.7. The first kappa shape index (κ1) is 23.7. The number of nitrogens with one attached hydrogen (secondary N) is 1. The molecule has 7 nitrogen and oxygen atoms in total. The fraction of sp³-hybridized carbons (Fsp3) is 0.444. The summed E-state index contributed by atoms with van der Waals surface area (Å²) in [6.07, 6.45) is 1.64. The molecular weight excluding hydrogens is 464 g/mol. The van der Waals surface area contributed by atoms with Gasteiger partial charge in [-0.15, -0.1) is 11.8 Å². The summed E-state index contributed by atoms with van der Waals surface area (Å²) in [7, 11) is 0. The fourth-order valence-electron chi connectivity index (χ4n) is 5.16. The molecule has 0 aromatic heterocycles. The third-order valence-corrected chi connectivity index (χ3v) is 8.94. The van der Waals surface area contributed by atoms with Crippen LogP contribution in [0, 0.1) is 5.92 Å². The number of fused-ring (bicyclic) bond motifs is 3. The second kappa shape index (κ2) is 9.22. The summed E-state index contributed by atoms with van der Waals surface area (Å²) < 4.78 is 5.67. The van der Waals surface area contributed by atoms with Crippen LogP contribution in [0.4, 0.5) is 4.79 Å². The number of rotatable bonds is 7. The molecule has 3 unspecified atom stereocenters. The SMILES string of the molecule is CCC(C)(NC(=O)OCC1c2ccccc2-c2ccccc21)C(=O)N1C(C(=O)O)CSC1C1CC1. The number of hydrogen-bond donors (Lipinski definition) is 2. The van der Waals surface area contributed by atoms with Crippen LogP contribution in [-0.2, 0) is 14.3 Å². The zero-order chi connectivity index (χ0) is 24.7. The highest BCUT2D eigenvalue weighted by Gasteiger charge is 2.52. The van der Waals surface area contributed by atoms with Crippen molar-refractivity contribution in [1.82, 2.24) is 10.2 Å². The van der Waals surface area contributed by atoms with E-state index >= 15 is 0 Å². The van der Waals surface area contributed by atoms with Gasteiger partial charge in [-0.25, -0.2) is 9.59 Å². The first-order valence-corrected chi connectivity index (χ1v) is 13.2. The van der Waals surface area contributed by atoms with Crippen molar-refractivity contribution in [2.45, 2.75) is 56.0 Å². The number of nitrogens with zero attached hydrogens (tertiary/aromatic N) is 1. The Bertz CT molecular complexity index is 1120. The van der Waals surface area contributed by atoms with Gasteiger partial charge in [0.2, 0.25) is 5.91 Å². The van der Waals surface area contributed by atoms with Gasteiger partial charge in [0.05, 0.1) is 5.37 Å². The zero-order valence-corrected chi connectivity index (χ0v) is 20.7. The van der Waals surface area contributed by atoms with Gasteiger partial charge in [0.25, 0.3) is 0 Å². The third-order valence-electron chi connectivity index (χ3n) is 7.48. The summed E-state index contributed by atoms with van der Waals surface area (Å²) >= 11 is 1.53. The number of carbonyl (C=O) groups is 3. The lowest BCUT2D eigenvalue weighted by Gasteiger charge is -2.36. The lowest BCUT2D eigenvalue weighted by atomic mass is 9.95. The molecule has 1 saturated carbocycles. The predicted octanol–water partition coefficient (Wildman–Crippen LogP) is 4.46. The highest BCUT2D eigenvalue weighted by Crippen LogP contribution is 2.47. The van der Waals surface area contributed by atoms with Crippen LogP contribution in [0.1, 0.15) is 50.2 Å². The van der Waals surface area contributed by atoms with E-state index in [0.717, 1.165) is 35.1 Å². The molecule has 2 aromatic carbocycles. The molecule has 2 amide bonds. The van der Waals surface area contributed by atoms with E-state index in [4.69, 9.17) is 4.74 Å². The standard InChI is InChI=1S/C27H30N2O5S/c1-3-27(2,25(32)29-22(24(30)31)15-35-23(29)16-12-13-16)28-26(33)34-14-21-19-10-6-4-8-17(19)18-9-5-7-11-20(18)21/h4-11,16,21-23H,3,12-15H2,1-2H3,(H,28,33)(H,30,31). The Kier molecular flexibility index (Phi) is 6.25. The van der Waals surface area contributed by atoms with Crippen molar-refractivity contribution in [3.05, 3.63) is 59.7 Å². The van der Waals surface area contributed by atoms with Gasteiger partial charge >= 0.3 is 12.1 Å². The van der Waals surface area contributed by atoms with Gasteiger partial charge in [0, 0.05) is 11.7 Å². The first-order chi connectivity index (χ1) is 16.8. The molecule has 1 aliphatic heterocycles. The maximum absolute atomic E-state index is 13.7. The van der Waals surface area contributed by atoms with Crippen molar-refractivity contribution in [2.75, 3.05) is 12.4 Å². The highest BCUT2D eigenvalue weighted by molar-refractivity contribution is 8.00. The third kappa shape index (κ3) is 4.29. The number of hydrogen-bond acceptors (Lipinski definition) is 5. The van der Waals surface area contributed by atoms with E-state index in [1.54, 1.807) is 6.92 Å². The monoisotopic (exact) mass is 494 g/mol. The molecule has 3 atom stereocenters. The summed E-state index contributed by atoms with van der Waals surface area (Å²) in [4.78, 5) is 40.0. The Labute approximate surface area is 209 Å². The minimum absolute atomic E-state index is 0.0812. The van der Waals surface area contributed by atoms with Crippen molar-refractivity contribution in [1.29, 1.82) is 0 Å². The first-order valence-electron chi connectivity index (χ1n) is 12.1. The van der Waals surface area contributed by atoms with Crippen LogP contribution in [0.25, 0.3) is 11.1 Å². The molecule has 184 valence electrons. The van der Waals surface area contributed by atoms with E-state index in [1.165, 1.54) is 16.7 Å². The van der Waals surface area contributed by atoms with Crippen LogP contribution < -0.4 is 5.32 Å². The van der Waals surface area contributed by atoms with E-state index < -0.39 is 23.6 Å². The molecule has 1 saturated heterocycles. The van der Waals surface area contributed by atoms with Gasteiger partial charge in [0.15, 0.2) is 0 Å². The fourth-order valence-corrected chi connectivity index (χ4v) is 6.79. The maximum Gasteiger partial charge on any atom is 0.408 e. The van der Waals surface area contributed by atoms with E-state index in [9.17, 15) is 19.5 Å². The van der Waals surface area contributed by atoms with E-state index in [2.05, 4.69) is 29.6 Å². The number of ether oxygens (including phenoxy) is 1. The highest BCUT2D eigenvalue weighted by atomic mass is 32.2. The van der Waals surface area contributed by atoms with Gasteiger partial charge < -0.3 is 20.1 Å². The number of carbonyl (C=O) groups excluding carboxylic acids is 2. The summed E-state index contributed by atoms with van der Waals surface area (Å²) in [5.74, 6) is -0.755. The predicted molar refractivity (Wildman–Crippen MR) is 134 cm³/mol. The molecule has 8 heteroatoms. The minimum Gasteiger partial charge on any atom is -0.480 e. The minimum atomic E-state index is -1.26. The van der Waals surface area contributed by atoms with Gasteiger partial charge in [-0.3, -0.25) is 4.79 Å². The normalized spacial score (nSPS) is 22.7. The van der Waals surface area contributed by atoms with Gasteiger partial charge in [-0.05, 0) is 54.4 Å². The molecule has 0 radical (unpaired) electrons. The second-order valence-electron chi connectivity index (χ2n) is 9.76. The zero-order valence-electron chi connectivity index (χ0n) is 19.9. The molecule has 2 aromatic rings. The molecule has 1 heterocycles. The Morgan fingerprint density at radius 1 is 1.09 bits per heavy atom. The van der Waals surface area contributed by atoms with Crippen molar-refractivity contribution >= 4 is 29.7 Å². The second-order valence-corrected chi connectivity index (χ2v) is 10.9. The molecule has 35 heavy (non-hydrogen) atoms. The largest absolute Gasteiger partial charge is 0.480 e. The molecule has 0 spiro atoms. The van der Waals surface area contributed by atoms with Crippen LogP contribution >= 0.6 is 11.8 Å². The molecule has 2 fully saturated rings. The van der Waals surface area contributed by atoms with Gasteiger partial charge in [-0.2, -0.15) is 0 Å². The number of thioether (sulfide) groups is 1. The average molecular weight is 495 g/mol. The topological polar surface area (TPSA) is 95.9 Å². The van der Waals surface area contributed by atoms with E-state index in [-0.39, 0.29) is 23.8 Å². The molecule has 2 aliphatic carbocycles. The number of carboxylic acid groups (broad SMARTS) is 1. The Hall–Kier alpha value is -3.00. The van der Waals surface area contributed by atoms with Crippen LogP contribution in [-0.4, -0.2) is 57.3 Å². The molecule has 0 bridgehead atoms. The smallest absolute Gasteiger partial charge is 0.408 e. The van der Waals surface area contributed by atoms with E-state index in [1.807, 2.05) is 31.2 Å². The van der Waals surface area contributed by atoms with Crippen LogP contribution in [0.3, 0.4) is 0 Å². The average Bonchev–Trinajstić information content (AvgIpc) is 3.52. The number of aliphatic carboxylic acids is 1. The van der Waals surface area contributed by atoms with Crippen molar-refractivity contribution < 1.29 is 24.2 Å². The summed E-state index contributed by atoms with van der Waals surface area (Å²) in [5.41, 5.74) is 3.25. The van der Waals surface area contributed by atoms with Gasteiger partial charge in [0.1, 0.15) is 18.2 Å². The van der Waals surface area contributed by atoms with Crippen LogP contribution in [0.2, 0.25) is 0 Å². The quantitative estimate of drug-likeness (QED) is 0.590. The summed E-state index contributed by atoms with van der Waals surface area (Å²) in [6.45, 7) is 3.62. The van der Waals surface area contributed by atoms with Gasteiger partial charge in [-0.1, -0.05) is 55.5 Å². The molecule has 2 N–H and O–H groups in total. The Morgan fingerprint density at radius 2 is 1.69 bits per heavy atom. The Morgan fingerprint density at radius 3 is 2.23 bits per heavy atom. The van der Waals surface area contributed by atoms with Crippen molar-refractivity contribution in [3.8, 4) is 11.1 Å². The number of benzene rings is 2. The van der Waals surface area contributed by atoms with Crippen LogP contribution in [0.5, 0.6) is 0 Å². The lowest BCUT2D eigenvalue weighted by molar-refractivity contribution is -0.152. The number of amides is 2. The molecule has 5 rings (SSSR count). The molecular formula is C27H30N2O5S. The van der Waals surface area contributed by atoms with Crippen molar-refractivity contribution in [2.24, 2.45) is 5.92 Å². The van der Waals surface area contributed by atoms with Crippen LogP contribution in [0.15, 0.2) is 48.5 Å². The molecule has 3 aliphatic rings. The Balaban J connectivity index is 1.30. The number of alkyl carbamates (subject to hydrolysis) is 1. The summed E-state index contributed by atoms with van der Waals surface area (Å²) in [6, 6.07) is 15.3. The van der Waals surface area contributed by atoms with Crippen molar-refractivity contribution in [3.63, 3.8) is 0 Å². The lowest BCUT2D eigenvalue weighted by Crippen LogP contribution is -2.61. The summed E-state index contributed by atoms with van der Waals surface area (Å²) in [5, 5.41) is 12.3.